The molecular weight excluding hydrogens is 424 g/mol. The molecule has 1 heterocycles. The number of nitrogens with one attached hydrogen (secondary N) is 2. The first kappa shape index (κ1) is 24.1. The number of hydrogen-bond donors (Lipinski definition) is 2. The third-order valence-corrected chi connectivity index (χ3v) is 5.16. The molecule has 33 heavy (non-hydrogen) atoms. The summed E-state index contributed by atoms with van der Waals surface area (Å²) in [6, 6.07) is 14.2. The van der Waals surface area contributed by atoms with Crippen LogP contribution in [0.5, 0.6) is 5.75 Å². The van der Waals surface area contributed by atoms with Gasteiger partial charge in [-0.3, -0.25) is 14.4 Å². The number of ether oxygens (including phenoxy) is 2. The zero-order chi connectivity index (χ0) is 23.6. The number of carbonyl (C=O) groups excluding carboxylic acids is 3. The van der Waals surface area contributed by atoms with Crippen LogP contribution in [0.4, 0.5) is 11.4 Å². The van der Waals surface area contributed by atoms with Gasteiger partial charge >= 0.3 is 0 Å². The number of rotatable bonds is 9. The Morgan fingerprint density at radius 3 is 2.33 bits per heavy atom. The second-order valence-electron chi connectivity index (χ2n) is 7.58. The molecule has 3 amide bonds. The fourth-order valence-corrected chi connectivity index (χ4v) is 3.34. The van der Waals surface area contributed by atoms with Crippen LogP contribution in [0.15, 0.2) is 48.5 Å². The summed E-state index contributed by atoms with van der Waals surface area (Å²) in [6.45, 7) is 5.19. The topological polar surface area (TPSA) is 100 Å². The van der Waals surface area contributed by atoms with Crippen LogP contribution in [0.1, 0.15) is 17.3 Å². The van der Waals surface area contributed by atoms with E-state index < -0.39 is 0 Å². The first-order valence-electron chi connectivity index (χ1n) is 10.9. The van der Waals surface area contributed by atoms with E-state index in [0.717, 1.165) is 18.8 Å². The Morgan fingerprint density at radius 2 is 1.70 bits per heavy atom. The molecule has 1 saturated heterocycles. The number of hydrogen-bond acceptors (Lipinski definition) is 6. The van der Waals surface area contributed by atoms with Crippen LogP contribution < -0.4 is 20.3 Å². The van der Waals surface area contributed by atoms with Gasteiger partial charge in [-0.25, -0.2) is 0 Å². The standard InChI is InChI=1S/C24H30N4O5/c1-3-33-21-10-4-18(5-11-21)24(31)25-16-23(30)27(2)17-22(29)26-19-6-8-20(9-7-19)28-12-14-32-15-13-28/h4-11H,3,12-17H2,1-2H3,(H,25,31)(H,26,29). The highest BCUT2D eigenvalue weighted by atomic mass is 16.5. The van der Waals surface area contributed by atoms with Crippen LogP contribution in [0.2, 0.25) is 0 Å². The van der Waals surface area contributed by atoms with Crippen LogP contribution in [-0.2, 0) is 14.3 Å². The van der Waals surface area contributed by atoms with E-state index in [4.69, 9.17) is 9.47 Å². The molecule has 0 atom stereocenters. The number of anilines is 2. The SMILES string of the molecule is CCOc1ccc(C(=O)NCC(=O)N(C)CC(=O)Nc2ccc(N3CCOCC3)cc2)cc1. The van der Waals surface area contributed by atoms with Crippen molar-refractivity contribution in [2.24, 2.45) is 0 Å². The Morgan fingerprint density at radius 1 is 1.03 bits per heavy atom. The summed E-state index contributed by atoms with van der Waals surface area (Å²) in [7, 11) is 1.52. The monoisotopic (exact) mass is 454 g/mol. The first-order chi connectivity index (χ1) is 16.0. The van der Waals surface area contributed by atoms with Crippen LogP contribution >= 0.6 is 0 Å². The summed E-state index contributed by atoms with van der Waals surface area (Å²) in [6.07, 6.45) is 0. The van der Waals surface area contributed by atoms with E-state index >= 15 is 0 Å². The minimum Gasteiger partial charge on any atom is -0.494 e. The van der Waals surface area contributed by atoms with Crippen molar-refractivity contribution >= 4 is 29.1 Å². The summed E-state index contributed by atoms with van der Waals surface area (Å²) < 4.78 is 10.7. The third-order valence-electron chi connectivity index (χ3n) is 5.16. The van der Waals surface area contributed by atoms with E-state index in [9.17, 15) is 14.4 Å². The zero-order valence-corrected chi connectivity index (χ0v) is 19.0. The molecule has 0 spiro atoms. The minimum atomic E-state index is -0.371. The predicted molar refractivity (Wildman–Crippen MR) is 126 cm³/mol. The molecule has 0 bridgehead atoms. The van der Waals surface area contributed by atoms with Gasteiger partial charge in [0.05, 0.1) is 32.9 Å². The van der Waals surface area contributed by atoms with E-state index in [-0.39, 0.29) is 30.8 Å². The zero-order valence-electron chi connectivity index (χ0n) is 19.0. The lowest BCUT2D eigenvalue weighted by molar-refractivity contribution is -0.132. The Balaban J connectivity index is 1.42. The lowest BCUT2D eigenvalue weighted by Gasteiger charge is -2.28. The number of amides is 3. The summed E-state index contributed by atoms with van der Waals surface area (Å²) in [5.74, 6) is -0.383. The molecule has 1 aliphatic rings. The Labute approximate surface area is 193 Å². The van der Waals surface area contributed by atoms with Gasteiger partial charge in [0.2, 0.25) is 11.8 Å². The maximum atomic E-state index is 12.3. The summed E-state index contributed by atoms with van der Waals surface area (Å²) in [4.78, 5) is 40.4. The molecule has 0 aliphatic carbocycles. The molecule has 2 aromatic rings. The van der Waals surface area contributed by atoms with Crippen LogP contribution in [0.25, 0.3) is 0 Å². The minimum absolute atomic E-state index is 0.122. The highest BCUT2D eigenvalue weighted by Crippen LogP contribution is 2.19. The summed E-state index contributed by atoms with van der Waals surface area (Å²) in [5.41, 5.74) is 2.15. The van der Waals surface area contributed by atoms with Gasteiger partial charge in [0, 0.05) is 37.1 Å². The second-order valence-corrected chi connectivity index (χ2v) is 7.58. The number of morpholine rings is 1. The highest BCUT2D eigenvalue weighted by molar-refractivity contribution is 5.98. The van der Waals surface area contributed by atoms with Gasteiger partial charge in [0.1, 0.15) is 5.75 Å². The Bertz CT molecular complexity index is 940. The van der Waals surface area contributed by atoms with E-state index in [1.54, 1.807) is 24.3 Å². The summed E-state index contributed by atoms with van der Waals surface area (Å²) in [5, 5.41) is 5.36. The van der Waals surface area contributed by atoms with Crippen LogP contribution in [-0.4, -0.2) is 75.7 Å². The molecule has 0 unspecified atom stereocenters. The third kappa shape index (κ3) is 7.21. The maximum absolute atomic E-state index is 12.3. The molecule has 0 saturated carbocycles. The molecule has 1 aliphatic heterocycles. The molecule has 2 N–H and O–H groups in total. The van der Waals surface area contributed by atoms with Crippen molar-refractivity contribution in [2.45, 2.75) is 6.92 Å². The average Bonchev–Trinajstić information content (AvgIpc) is 2.84. The van der Waals surface area contributed by atoms with Gasteiger partial charge in [-0.1, -0.05) is 0 Å². The highest BCUT2D eigenvalue weighted by Gasteiger charge is 2.16. The Kier molecular flexibility index (Phi) is 8.65. The lowest BCUT2D eigenvalue weighted by atomic mass is 10.2. The van der Waals surface area contributed by atoms with Gasteiger partial charge < -0.3 is 29.9 Å². The predicted octanol–water partition coefficient (Wildman–Crippen LogP) is 1.75. The van der Waals surface area contributed by atoms with Gasteiger partial charge in [0.15, 0.2) is 0 Å². The molecule has 9 nitrogen and oxygen atoms in total. The molecule has 176 valence electrons. The Hall–Kier alpha value is -3.59. The number of carbonyl (C=O) groups is 3. The van der Waals surface area contributed by atoms with Crippen molar-refractivity contribution in [2.75, 3.05) is 63.3 Å². The normalized spacial score (nSPS) is 13.2. The average molecular weight is 455 g/mol. The van der Waals surface area contributed by atoms with Gasteiger partial charge in [-0.15, -0.1) is 0 Å². The molecule has 9 heteroatoms. The number of likely N-dealkylation sites (N-methyl/N-ethyl adjacent to an activating group) is 1. The number of benzene rings is 2. The molecular formula is C24H30N4O5. The molecule has 2 aromatic carbocycles. The largest absolute Gasteiger partial charge is 0.494 e. The summed E-state index contributed by atoms with van der Waals surface area (Å²) >= 11 is 0. The fraction of sp³-hybridized carbons (Fsp3) is 0.375. The van der Waals surface area contributed by atoms with Crippen molar-refractivity contribution in [3.8, 4) is 5.75 Å². The van der Waals surface area contributed by atoms with Crippen molar-refractivity contribution in [3.05, 3.63) is 54.1 Å². The van der Waals surface area contributed by atoms with Gasteiger partial charge in [-0.05, 0) is 55.5 Å². The van der Waals surface area contributed by atoms with Gasteiger partial charge in [-0.2, -0.15) is 0 Å². The second kappa shape index (κ2) is 11.9. The fourth-order valence-electron chi connectivity index (χ4n) is 3.34. The lowest BCUT2D eigenvalue weighted by Crippen LogP contribution is -2.41. The van der Waals surface area contributed by atoms with E-state index in [2.05, 4.69) is 15.5 Å². The van der Waals surface area contributed by atoms with Crippen LogP contribution in [0, 0.1) is 0 Å². The van der Waals surface area contributed by atoms with E-state index in [0.29, 0.717) is 36.8 Å². The van der Waals surface area contributed by atoms with Crippen molar-refractivity contribution < 1.29 is 23.9 Å². The van der Waals surface area contributed by atoms with E-state index in [1.807, 2.05) is 31.2 Å². The van der Waals surface area contributed by atoms with Crippen molar-refractivity contribution in [1.29, 1.82) is 0 Å². The quantitative estimate of drug-likeness (QED) is 0.599. The molecule has 3 rings (SSSR count). The smallest absolute Gasteiger partial charge is 0.251 e. The molecule has 0 aromatic heterocycles. The van der Waals surface area contributed by atoms with Crippen molar-refractivity contribution in [1.82, 2.24) is 10.2 Å². The van der Waals surface area contributed by atoms with Crippen LogP contribution in [0.3, 0.4) is 0 Å². The molecule has 1 fully saturated rings. The number of nitrogens with zero attached hydrogens (tertiary/aromatic N) is 2. The van der Waals surface area contributed by atoms with Crippen molar-refractivity contribution in [3.63, 3.8) is 0 Å². The maximum Gasteiger partial charge on any atom is 0.251 e. The molecule has 0 radical (unpaired) electrons. The first-order valence-corrected chi connectivity index (χ1v) is 10.9. The van der Waals surface area contributed by atoms with Gasteiger partial charge in [0.25, 0.3) is 5.91 Å². The van der Waals surface area contributed by atoms with E-state index in [1.165, 1.54) is 11.9 Å².